The Morgan fingerprint density at radius 2 is 0.288 bits per heavy atom. The zero-order valence-electron chi connectivity index (χ0n) is 37.9. The molecule has 0 aromatic carbocycles. The molecule has 0 radical (unpaired) electrons. The minimum atomic E-state index is 0. The molecule has 0 aliphatic carbocycles. The summed E-state index contributed by atoms with van der Waals surface area (Å²) in [5.74, 6) is 0. The van der Waals surface area contributed by atoms with Gasteiger partial charge in [0, 0.05) is 0 Å². The quantitative estimate of drug-likeness (QED) is 0.0425. The highest BCUT2D eigenvalue weighted by molar-refractivity contribution is 4.55. The molecule has 0 saturated carbocycles. The van der Waals surface area contributed by atoms with E-state index >= 15 is 0 Å². The van der Waals surface area contributed by atoms with Crippen LogP contribution in [0.25, 0.3) is 0 Å². The molecular weight excluding hydrogens is 764 g/mol. The van der Waals surface area contributed by atoms with Crippen LogP contribution in [-0.2, 0) is 0 Å². The lowest BCUT2D eigenvalue weighted by Gasteiger charge is -2.39. The molecule has 0 saturated heterocycles. The third kappa shape index (κ3) is 39.1. The lowest BCUT2D eigenvalue weighted by atomic mass is 10.1. The van der Waals surface area contributed by atoms with Crippen molar-refractivity contribution in [3.05, 3.63) is 0 Å². The first kappa shape index (κ1) is 59.6. The van der Waals surface area contributed by atoms with Crippen LogP contribution < -0.4 is 34.0 Å². The molecule has 0 aliphatic rings. The van der Waals surface area contributed by atoms with Crippen molar-refractivity contribution in [2.45, 2.75) is 261 Å². The van der Waals surface area contributed by atoms with E-state index in [4.69, 9.17) is 0 Å². The van der Waals surface area contributed by atoms with Gasteiger partial charge in [-0.3, -0.25) is 0 Å². The van der Waals surface area contributed by atoms with Gasteiger partial charge < -0.3 is 42.9 Å². The molecule has 0 spiro atoms. The lowest BCUT2D eigenvalue weighted by molar-refractivity contribution is -0.929. The number of unbranched alkanes of at least 4 members (excludes halogenated alkanes) is 24. The van der Waals surface area contributed by atoms with Crippen LogP contribution in [0.2, 0.25) is 0 Å². The number of quaternary nitrogens is 2. The van der Waals surface area contributed by atoms with Crippen LogP contribution in [0.3, 0.4) is 0 Å². The van der Waals surface area contributed by atoms with Crippen molar-refractivity contribution >= 4 is 0 Å². The van der Waals surface area contributed by atoms with E-state index in [0.29, 0.717) is 0 Å². The Bertz CT molecular complexity index is 454. The first-order valence-electron chi connectivity index (χ1n) is 24.2. The molecule has 52 heavy (non-hydrogen) atoms. The van der Waals surface area contributed by atoms with Crippen molar-refractivity contribution in [2.75, 3.05) is 52.4 Å². The van der Waals surface area contributed by atoms with Crippen molar-refractivity contribution < 1.29 is 42.9 Å². The summed E-state index contributed by atoms with van der Waals surface area (Å²) in [5.41, 5.74) is 0. The van der Waals surface area contributed by atoms with Gasteiger partial charge in [0.2, 0.25) is 0 Å². The predicted octanol–water partition coefficient (Wildman–Crippen LogP) is 10.3. The largest absolute Gasteiger partial charge is 1.00 e. The zero-order chi connectivity index (χ0) is 37.3. The highest BCUT2D eigenvalue weighted by Gasteiger charge is 2.27. The van der Waals surface area contributed by atoms with Gasteiger partial charge in [-0.05, 0) is 103 Å². The summed E-state index contributed by atoms with van der Waals surface area (Å²) in [4.78, 5) is 0. The van der Waals surface area contributed by atoms with Gasteiger partial charge in [-0.2, -0.15) is 0 Å². The minimum absolute atomic E-state index is 0. The van der Waals surface area contributed by atoms with E-state index in [9.17, 15) is 0 Å². The van der Waals surface area contributed by atoms with E-state index in [2.05, 4.69) is 55.4 Å². The summed E-state index contributed by atoms with van der Waals surface area (Å²) in [6.07, 6.45) is 45.7. The predicted molar refractivity (Wildman–Crippen MR) is 233 cm³/mol. The van der Waals surface area contributed by atoms with Gasteiger partial charge in [0.1, 0.15) is 0 Å². The van der Waals surface area contributed by atoms with Crippen LogP contribution in [-0.4, -0.2) is 61.3 Å². The molecule has 0 rings (SSSR count). The van der Waals surface area contributed by atoms with Gasteiger partial charge in [-0.1, -0.05) is 158 Å². The Morgan fingerprint density at radius 1 is 0.173 bits per heavy atom. The summed E-state index contributed by atoms with van der Waals surface area (Å²) in [7, 11) is 0. The molecule has 0 heterocycles. The molecule has 0 aliphatic heterocycles. The molecule has 0 aromatic rings. The van der Waals surface area contributed by atoms with Crippen LogP contribution >= 0.6 is 0 Å². The molecule has 0 unspecified atom stereocenters. The van der Waals surface area contributed by atoms with Crippen molar-refractivity contribution in [3.8, 4) is 0 Å². The monoisotopic (exact) mass is 867 g/mol. The van der Waals surface area contributed by atoms with Crippen molar-refractivity contribution in [2.24, 2.45) is 0 Å². The second-order valence-electron chi connectivity index (χ2n) is 17.0. The Kier molecular flexibility index (Phi) is 55.0. The van der Waals surface area contributed by atoms with Gasteiger partial charge in [0.05, 0.1) is 52.4 Å². The number of rotatable bonds is 40. The van der Waals surface area contributed by atoms with Crippen LogP contribution in [0.1, 0.15) is 261 Å². The molecule has 0 fully saturated rings. The first-order chi connectivity index (χ1) is 24.5. The topological polar surface area (TPSA) is 0 Å². The highest BCUT2D eigenvalue weighted by atomic mass is 79.9. The van der Waals surface area contributed by atoms with Gasteiger partial charge in [0.15, 0.2) is 0 Å². The number of hydrogen-bond donors (Lipinski definition) is 0. The van der Waals surface area contributed by atoms with Gasteiger partial charge in [-0.15, -0.1) is 0 Å². The second-order valence-corrected chi connectivity index (χ2v) is 17.0. The van der Waals surface area contributed by atoms with E-state index < -0.39 is 0 Å². The summed E-state index contributed by atoms with van der Waals surface area (Å²) in [5, 5.41) is 0. The molecule has 320 valence electrons. The molecule has 0 atom stereocenters. The standard InChI is InChI=1S/2C24H52N.2BrH/c2*1-5-9-13-17-21-25(22-18-14-10-6-2,23-19-15-11-7-3)24-20-16-12-8-4;;/h2*5-24H2,1-4H3;2*1H/q2*+1;;/p-2. The molecule has 2 nitrogen and oxygen atoms in total. The number of halogens is 2. The summed E-state index contributed by atoms with van der Waals surface area (Å²) in [6, 6.07) is 0. The van der Waals surface area contributed by atoms with E-state index in [1.54, 1.807) is 0 Å². The number of hydrogen-bond acceptors (Lipinski definition) is 0. The summed E-state index contributed by atoms with van der Waals surface area (Å²) < 4.78 is 2.92. The molecule has 0 amide bonds. The second kappa shape index (κ2) is 48.0. The van der Waals surface area contributed by atoms with Crippen molar-refractivity contribution in [3.63, 3.8) is 0 Å². The summed E-state index contributed by atoms with van der Waals surface area (Å²) >= 11 is 0. The normalized spacial score (nSPS) is 11.5. The van der Waals surface area contributed by atoms with Gasteiger partial charge in [-0.25, -0.2) is 0 Å². The SMILES string of the molecule is CCCCCC[N+](CCCCCC)(CCCCCC)CCCCCC.CCCCCC[N+](CCCCCC)(CCCCCC)CCCCCC.[Br-].[Br-]. The minimum Gasteiger partial charge on any atom is -1.00 e. The van der Waals surface area contributed by atoms with Crippen molar-refractivity contribution in [1.29, 1.82) is 0 Å². The van der Waals surface area contributed by atoms with E-state index in [0.717, 1.165) is 0 Å². The van der Waals surface area contributed by atoms with E-state index in [-0.39, 0.29) is 34.0 Å². The Labute approximate surface area is 354 Å². The Balaban J connectivity index is -0.000000427. The van der Waals surface area contributed by atoms with Gasteiger partial charge in [0.25, 0.3) is 0 Å². The Hall–Kier alpha value is 0.880. The molecule has 4 heteroatoms. The Morgan fingerprint density at radius 3 is 0.385 bits per heavy atom. The van der Waals surface area contributed by atoms with Crippen LogP contribution in [0.15, 0.2) is 0 Å². The van der Waals surface area contributed by atoms with E-state index in [1.165, 1.54) is 267 Å². The maximum Gasteiger partial charge on any atom is 0.0786 e. The summed E-state index contributed by atoms with van der Waals surface area (Å²) in [6.45, 7) is 30.4. The zero-order valence-corrected chi connectivity index (χ0v) is 41.1. The highest BCUT2D eigenvalue weighted by Crippen LogP contribution is 2.21. The first-order valence-corrected chi connectivity index (χ1v) is 24.2. The third-order valence-corrected chi connectivity index (χ3v) is 11.9. The smallest absolute Gasteiger partial charge is 0.0786 e. The van der Waals surface area contributed by atoms with E-state index in [1.807, 2.05) is 0 Å². The fraction of sp³-hybridized carbons (Fsp3) is 1.00. The van der Waals surface area contributed by atoms with Crippen LogP contribution in [0.5, 0.6) is 0 Å². The lowest BCUT2D eigenvalue weighted by Crippen LogP contribution is -3.00. The fourth-order valence-electron chi connectivity index (χ4n) is 8.33. The van der Waals surface area contributed by atoms with Crippen LogP contribution in [0, 0.1) is 0 Å². The average Bonchev–Trinajstić information content (AvgIpc) is 3.13. The fourth-order valence-corrected chi connectivity index (χ4v) is 8.33. The maximum atomic E-state index is 2.34. The van der Waals surface area contributed by atoms with Crippen LogP contribution in [0.4, 0.5) is 0 Å². The molecule has 0 bridgehead atoms. The average molecular weight is 869 g/mol. The third-order valence-electron chi connectivity index (χ3n) is 11.9. The maximum absolute atomic E-state index is 2.34. The van der Waals surface area contributed by atoms with Gasteiger partial charge >= 0.3 is 0 Å². The molecule has 0 N–H and O–H groups in total. The van der Waals surface area contributed by atoms with Crippen molar-refractivity contribution in [1.82, 2.24) is 0 Å². The molecule has 0 aromatic heterocycles. The molecular formula is C48H104Br2N2. The number of nitrogens with zero attached hydrogens (tertiary/aromatic N) is 2.